The lowest BCUT2D eigenvalue weighted by molar-refractivity contribution is -0.209. The fraction of sp³-hybridized carbons (Fsp3) is 0.308. The van der Waals surface area contributed by atoms with Crippen LogP contribution in [0.1, 0.15) is 34.1 Å². The van der Waals surface area contributed by atoms with E-state index in [1.165, 1.54) is 7.11 Å². The van der Waals surface area contributed by atoms with Crippen LogP contribution in [0.25, 0.3) is 11.1 Å². The van der Waals surface area contributed by atoms with Gasteiger partial charge in [0.05, 0.1) is 18.3 Å². The molecule has 1 heterocycles. The first kappa shape index (κ1) is 23.1. The summed E-state index contributed by atoms with van der Waals surface area (Å²) in [5, 5.41) is 0. The SMILES string of the molecule is CCCN1C(C)=C(C(=O)OC)C(C)C(C(=O)OOc2ccc(-c3ccccc3)cc2)=C1C. The summed E-state index contributed by atoms with van der Waals surface area (Å²) in [4.78, 5) is 37.9. The van der Waals surface area contributed by atoms with Crippen LogP contribution in [0.4, 0.5) is 0 Å². The highest BCUT2D eigenvalue weighted by molar-refractivity contribution is 5.97. The lowest BCUT2D eigenvalue weighted by Gasteiger charge is -2.36. The first-order chi connectivity index (χ1) is 15.4. The molecule has 6 nitrogen and oxygen atoms in total. The second-order valence-corrected chi connectivity index (χ2v) is 7.71. The summed E-state index contributed by atoms with van der Waals surface area (Å²) in [5.41, 5.74) is 4.48. The minimum absolute atomic E-state index is 0.380. The number of carbonyl (C=O) groups excluding carboxylic acids is 2. The molecule has 168 valence electrons. The van der Waals surface area contributed by atoms with Crippen LogP contribution in [0.15, 0.2) is 77.1 Å². The Balaban J connectivity index is 1.78. The average Bonchev–Trinajstić information content (AvgIpc) is 2.81. The van der Waals surface area contributed by atoms with Crippen molar-refractivity contribution < 1.29 is 24.1 Å². The molecule has 0 radical (unpaired) electrons. The van der Waals surface area contributed by atoms with E-state index in [2.05, 4.69) is 0 Å². The molecule has 2 aromatic rings. The number of allylic oxidation sites excluding steroid dienone is 2. The van der Waals surface area contributed by atoms with Gasteiger partial charge in [-0.2, -0.15) is 0 Å². The van der Waals surface area contributed by atoms with Gasteiger partial charge < -0.3 is 9.64 Å². The molecule has 1 unspecified atom stereocenters. The molecule has 0 saturated heterocycles. The molecule has 1 atom stereocenters. The molecule has 1 aliphatic heterocycles. The van der Waals surface area contributed by atoms with E-state index in [0.29, 0.717) is 23.4 Å². The second kappa shape index (κ2) is 10.2. The molecule has 3 rings (SSSR count). The molecule has 0 bridgehead atoms. The summed E-state index contributed by atoms with van der Waals surface area (Å²) in [5.74, 6) is -1.15. The molecule has 0 aromatic heterocycles. The Hall–Kier alpha value is -3.54. The fourth-order valence-corrected chi connectivity index (χ4v) is 4.10. The third-order valence-electron chi connectivity index (χ3n) is 5.70. The van der Waals surface area contributed by atoms with Crippen molar-refractivity contribution >= 4 is 11.9 Å². The monoisotopic (exact) mass is 435 g/mol. The number of rotatable bonds is 7. The van der Waals surface area contributed by atoms with Gasteiger partial charge in [0.25, 0.3) is 0 Å². The van der Waals surface area contributed by atoms with E-state index in [1.54, 1.807) is 19.1 Å². The predicted octanol–water partition coefficient (Wildman–Crippen LogP) is 5.27. The van der Waals surface area contributed by atoms with Gasteiger partial charge in [0, 0.05) is 23.9 Å². The van der Waals surface area contributed by atoms with Crippen molar-refractivity contribution in [2.75, 3.05) is 13.7 Å². The van der Waals surface area contributed by atoms with Gasteiger partial charge in [-0.05, 0) is 43.5 Å². The van der Waals surface area contributed by atoms with Crippen molar-refractivity contribution in [3.05, 3.63) is 77.1 Å². The van der Waals surface area contributed by atoms with Crippen molar-refractivity contribution in [2.24, 2.45) is 5.92 Å². The Morgan fingerprint density at radius 2 is 1.44 bits per heavy atom. The van der Waals surface area contributed by atoms with E-state index in [-0.39, 0.29) is 0 Å². The summed E-state index contributed by atoms with van der Waals surface area (Å²) >= 11 is 0. The summed E-state index contributed by atoms with van der Waals surface area (Å²) < 4.78 is 4.97. The Bertz CT molecular complexity index is 1040. The minimum atomic E-state index is -0.628. The Labute approximate surface area is 189 Å². The zero-order chi connectivity index (χ0) is 23.3. The first-order valence-corrected chi connectivity index (χ1v) is 10.7. The molecular formula is C26H29NO5. The van der Waals surface area contributed by atoms with Crippen LogP contribution in [0.2, 0.25) is 0 Å². The van der Waals surface area contributed by atoms with E-state index in [9.17, 15) is 9.59 Å². The number of hydrogen-bond donors (Lipinski definition) is 0. The van der Waals surface area contributed by atoms with Crippen molar-refractivity contribution in [3.8, 4) is 16.9 Å². The van der Waals surface area contributed by atoms with E-state index < -0.39 is 17.9 Å². The minimum Gasteiger partial charge on any atom is -0.466 e. The zero-order valence-corrected chi connectivity index (χ0v) is 19.2. The molecule has 2 aromatic carbocycles. The molecule has 0 aliphatic carbocycles. The Morgan fingerprint density at radius 1 is 0.875 bits per heavy atom. The van der Waals surface area contributed by atoms with Gasteiger partial charge in [-0.25, -0.2) is 14.5 Å². The van der Waals surface area contributed by atoms with Crippen LogP contribution in [-0.4, -0.2) is 30.5 Å². The second-order valence-electron chi connectivity index (χ2n) is 7.71. The van der Waals surface area contributed by atoms with Crippen molar-refractivity contribution in [2.45, 2.75) is 34.1 Å². The van der Waals surface area contributed by atoms with Gasteiger partial charge in [0.1, 0.15) is 0 Å². The normalized spacial score (nSPS) is 16.2. The van der Waals surface area contributed by atoms with E-state index in [1.807, 2.05) is 68.1 Å². The van der Waals surface area contributed by atoms with Gasteiger partial charge >= 0.3 is 11.9 Å². The van der Waals surface area contributed by atoms with Gasteiger partial charge in [-0.1, -0.05) is 56.3 Å². The maximum atomic E-state index is 13.0. The van der Waals surface area contributed by atoms with Crippen molar-refractivity contribution in [1.82, 2.24) is 4.90 Å². The topological polar surface area (TPSA) is 65.1 Å². The Kier molecular flexibility index (Phi) is 7.36. The number of carbonyl (C=O) groups is 2. The molecule has 0 N–H and O–H groups in total. The lowest BCUT2D eigenvalue weighted by atomic mass is 9.86. The third-order valence-corrected chi connectivity index (χ3v) is 5.70. The van der Waals surface area contributed by atoms with Gasteiger partial charge in [-0.3, -0.25) is 4.89 Å². The van der Waals surface area contributed by atoms with Crippen LogP contribution >= 0.6 is 0 Å². The van der Waals surface area contributed by atoms with Crippen LogP contribution in [0.5, 0.6) is 5.75 Å². The summed E-state index contributed by atoms with van der Waals surface area (Å²) in [6.07, 6.45) is 0.851. The highest BCUT2D eigenvalue weighted by Crippen LogP contribution is 2.36. The molecule has 0 spiro atoms. The maximum Gasteiger partial charge on any atom is 0.384 e. The highest BCUT2D eigenvalue weighted by atomic mass is 17.2. The predicted molar refractivity (Wildman–Crippen MR) is 122 cm³/mol. The van der Waals surface area contributed by atoms with E-state index in [0.717, 1.165) is 28.9 Å². The largest absolute Gasteiger partial charge is 0.466 e. The zero-order valence-electron chi connectivity index (χ0n) is 19.2. The van der Waals surface area contributed by atoms with Crippen LogP contribution in [0, 0.1) is 5.92 Å². The smallest absolute Gasteiger partial charge is 0.384 e. The number of esters is 1. The average molecular weight is 436 g/mol. The van der Waals surface area contributed by atoms with Crippen molar-refractivity contribution in [1.29, 1.82) is 0 Å². The molecule has 0 saturated carbocycles. The van der Waals surface area contributed by atoms with Gasteiger partial charge in [0.15, 0.2) is 5.75 Å². The summed E-state index contributed by atoms with van der Waals surface area (Å²) in [7, 11) is 1.34. The van der Waals surface area contributed by atoms with Gasteiger partial charge in [-0.15, -0.1) is 0 Å². The molecular weight excluding hydrogens is 406 g/mol. The number of ether oxygens (including phenoxy) is 1. The molecule has 0 amide bonds. The summed E-state index contributed by atoms with van der Waals surface area (Å²) in [6.45, 7) is 8.23. The first-order valence-electron chi connectivity index (χ1n) is 10.7. The quantitative estimate of drug-likeness (QED) is 0.335. The highest BCUT2D eigenvalue weighted by Gasteiger charge is 2.37. The van der Waals surface area contributed by atoms with E-state index >= 15 is 0 Å². The molecule has 1 aliphatic rings. The lowest BCUT2D eigenvalue weighted by Crippen LogP contribution is -2.35. The molecule has 32 heavy (non-hydrogen) atoms. The van der Waals surface area contributed by atoms with Crippen LogP contribution in [-0.2, 0) is 19.2 Å². The number of methoxy groups -OCH3 is 1. The fourth-order valence-electron chi connectivity index (χ4n) is 4.10. The van der Waals surface area contributed by atoms with E-state index in [4.69, 9.17) is 14.5 Å². The molecule has 6 heteroatoms. The van der Waals surface area contributed by atoms with Gasteiger partial charge in [0.2, 0.25) is 0 Å². The number of hydrogen-bond acceptors (Lipinski definition) is 6. The standard InChI is InChI=1S/C26H29NO5/c1-6-16-27-18(3)23(25(28)30-5)17(2)24(19(27)4)26(29)32-31-22-14-12-21(13-15-22)20-10-8-7-9-11-20/h7-15,17H,6,16H2,1-5H3. The Morgan fingerprint density at radius 3 is 2.00 bits per heavy atom. The molecule has 0 fully saturated rings. The van der Waals surface area contributed by atoms with Crippen molar-refractivity contribution in [3.63, 3.8) is 0 Å². The number of benzene rings is 2. The van der Waals surface area contributed by atoms with Crippen LogP contribution in [0.3, 0.4) is 0 Å². The maximum absolute atomic E-state index is 13.0. The van der Waals surface area contributed by atoms with Crippen LogP contribution < -0.4 is 4.89 Å². The number of nitrogens with zero attached hydrogens (tertiary/aromatic N) is 1. The summed E-state index contributed by atoms with van der Waals surface area (Å²) in [6, 6.07) is 17.2. The third kappa shape index (κ3) is 4.69.